The van der Waals surface area contributed by atoms with E-state index in [0.29, 0.717) is 11.7 Å². The van der Waals surface area contributed by atoms with Gasteiger partial charge < -0.3 is 10.6 Å². The van der Waals surface area contributed by atoms with Gasteiger partial charge in [0.25, 0.3) is 0 Å². The van der Waals surface area contributed by atoms with Gasteiger partial charge in [-0.2, -0.15) is 0 Å². The average molecular weight is 209 g/mol. The normalized spacial score (nSPS) is 17.9. The van der Waals surface area contributed by atoms with Crippen molar-refractivity contribution in [3.05, 3.63) is 24.3 Å². The standard InChI is InChI=1S/C11H16FN3/c12-14-10-3-1-2-4-11(10)15-7-5-9(13)6-8-15/h1-4,9,14H,5-8,13H2. The number of hydrogen-bond donors (Lipinski definition) is 2. The van der Waals surface area contributed by atoms with E-state index in [4.69, 9.17) is 5.73 Å². The van der Waals surface area contributed by atoms with Crippen LogP contribution in [0, 0.1) is 0 Å². The van der Waals surface area contributed by atoms with E-state index in [0.717, 1.165) is 31.6 Å². The fourth-order valence-corrected chi connectivity index (χ4v) is 1.97. The Labute approximate surface area is 89.0 Å². The van der Waals surface area contributed by atoms with E-state index in [1.165, 1.54) is 0 Å². The third-order valence-corrected chi connectivity index (χ3v) is 2.89. The predicted molar refractivity (Wildman–Crippen MR) is 60.6 cm³/mol. The third kappa shape index (κ3) is 2.21. The Balaban J connectivity index is 2.15. The summed E-state index contributed by atoms with van der Waals surface area (Å²) < 4.78 is 12.5. The molecule has 0 spiro atoms. The van der Waals surface area contributed by atoms with Gasteiger partial charge in [0.05, 0.1) is 11.4 Å². The smallest absolute Gasteiger partial charge is 0.0889 e. The number of nitrogens with zero attached hydrogens (tertiary/aromatic N) is 1. The molecular formula is C11H16FN3. The van der Waals surface area contributed by atoms with Crippen LogP contribution in [0.4, 0.5) is 15.9 Å². The lowest BCUT2D eigenvalue weighted by Crippen LogP contribution is -2.39. The van der Waals surface area contributed by atoms with Crippen LogP contribution in [0.15, 0.2) is 24.3 Å². The highest BCUT2D eigenvalue weighted by molar-refractivity contribution is 5.69. The molecule has 3 N–H and O–H groups in total. The lowest BCUT2D eigenvalue weighted by Gasteiger charge is -2.32. The monoisotopic (exact) mass is 209 g/mol. The summed E-state index contributed by atoms with van der Waals surface area (Å²) in [5.41, 5.74) is 9.02. The van der Waals surface area contributed by atoms with Crippen LogP contribution >= 0.6 is 0 Å². The zero-order valence-electron chi connectivity index (χ0n) is 8.62. The summed E-state index contributed by atoms with van der Waals surface area (Å²) in [4.78, 5) is 2.17. The molecule has 0 unspecified atom stereocenters. The molecule has 4 heteroatoms. The molecule has 0 atom stereocenters. The first-order valence-electron chi connectivity index (χ1n) is 5.27. The van der Waals surface area contributed by atoms with Crippen LogP contribution in [0.2, 0.25) is 0 Å². The molecule has 1 aromatic carbocycles. The summed E-state index contributed by atoms with van der Waals surface area (Å²) in [7, 11) is 0. The number of piperidine rings is 1. The van der Waals surface area contributed by atoms with Crippen molar-refractivity contribution in [1.82, 2.24) is 0 Å². The van der Waals surface area contributed by atoms with Crippen LogP contribution in [0.5, 0.6) is 0 Å². The van der Waals surface area contributed by atoms with Crippen LogP contribution < -0.4 is 16.2 Å². The molecular weight excluding hydrogens is 193 g/mol. The minimum absolute atomic E-state index is 0.298. The van der Waals surface area contributed by atoms with E-state index >= 15 is 0 Å². The first-order chi connectivity index (χ1) is 7.31. The molecule has 1 fully saturated rings. The van der Waals surface area contributed by atoms with Gasteiger partial charge in [-0.1, -0.05) is 12.1 Å². The first kappa shape index (κ1) is 10.2. The van der Waals surface area contributed by atoms with Gasteiger partial charge in [0.15, 0.2) is 0 Å². The maximum absolute atomic E-state index is 12.5. The minimum Gasteiger partial charge on any atom is -0.370 e. The second-order valence-corrected chi connectivity index (χ2v) is 3.94. The molecule has 0 bridgehead atoms. The zero-order chi connectivity index (χ0) is 10.7. The van der Waals surface area contributed by atoms with Crippen molar-refractivity contribution in [2.24, 2.45) is 5.73 Å². The molecule has 0 radical (unpaired) electrons. The van der Waals surface area contributed by atoms with Crippen molar-refractivity contribution >= 4 is 11.4 Å². The summed E-state index contributed by atoms with van der Waals surface area (Å²) in [5.74, 6) is 0. The number of rotatable bonds is 2. The number of halogens is 1. The Hall–Kier alpha value is -1.29. The van der Waals surface area contributed by atoms with Crippen molar-refractivity contribution in [3.8, 4) is 0 Å². The highest BCUT2D eigenvalue weighted by Gasteiger charge is 2.18. The third-order valence-electron chi connectivity index (χ3n) is 2.89. The van der Waals surface area contributed by atoms with Gasteiger partial charge in [-0.15, -0.1) is 4.48 Å². The summed E-state index contributed by atoms with van der Waals surface area (Å²) >= 11 is 0. The molecule has 2 rings (SSSR count). The second-order valence-electron chi connectivity index (χ2n) is 3.94. The molecule has 0 aliphatic carbocycles. The Morgan fingerprint density at radius 3 is 2.60 bits per heavy atom. The van der Waals surface area contributed by atoms with Crippen molar-refractivity contribution in [2.45, 2.75) is 18.9 Å². The second kappa shape index (κ2) is 4.49. The van der Waals surface area contributed by atoms with Crippen LogP contribution in [-0.2, 0) is 0 Å². The Morgan fingerprint density at radius 2 is 1.93 bits per heavy atom. The first-order valence-corrected chi connectivity index (χ1v) is 5.27. The molecule has 1 saturated heterocycles. The van der Waals surface area contributed by atoms with Crippen LogP contribution in [0.3, 0.4) is 0 Å². The fourth-order valence-electron chi connectivity index (χ4n) is 1.97. The van der Waals surface area contributed by atoms with Crippen molar-refractivity contribution in [3.63, 3.8) is 0 Å². The number of nitrogens with two attached hydrogens (primary N) is 1. The van der Waals surface area contributed by atoms with Crippen LogP contribution in [0.25, 0.3) is 0 Å². The maximum atomic E-state index is 12.5. The van der Waals surface area contributed by atoms with Crippen LogP contribution in [-0.4, -0.2) is 19.1 Å². The molecule has 1 aromatic rings. The molecule has 0 amide bonds. The number of para-hydroxylation sites is 2. The molecule has 1 heterocycles. The lowest BCUT2D eigenvalue weighted by molar-refractivity contribution is 0.500. The molecule has 0 aromatic heterocycles. The maximum Gasteiger partial charge on any atom is 0.0889 e. The SMILES string of the molecule is NC1CCN(c2ccccc2NF)CC1. The van der Waals surface area contributed by atoms with Crippen molar-refractivity contribution in [2.75, 3.05) is 23.5 Å². The van der Waals surface area contributed by atoms with E-state index < -0.39 is 0 Å². The van der Waals surface area contributed by atoms with Gasteiger partial charge in [0.2, 0.25) is 0 Å². The van der Waals surface area contributed by atoms with E-state index in [9.17, 15) is 4.48 Å². The fraction of sp³-hybridized carbons (Fsp3) is 0.455. The summed E-state index contributed by atoms with van der Waals surface area (Å²) in [5, 5.41) is 0. The predicted octanol–water partition coefficient (Wildman–Crippen LogP) is 1.91. The van der Waals surface area contributed by atoms with Gasteiger partial charge in [-0.3, -0.25) is 0 Å². The largest absolute Gasteiger partial charge is 0.370 e. The summed E-state index contributed by atoms with van der Waals surface area (Å²) in [6.45, 7) is 1.81. The number of nitrogens with one attached hydrogen (secondary N) is 1. The van der Waals surface area contributed by atoms with Crippen molar-refractivity contribution < 1.29 is 4.48 Å². The summed E-state index contributed by atoms with van der Waals surface area (Å²) in [6.07, 6.45) is 1.95. The number of hydrogen-bond acceptors (Lipinski definition) is 3. The highest BCUT2D eigenvalue weighted by atomic mass is 19.2. The molecule has 0 saturated carbocycles. The molecule has 3 nitrogen and oxygen atoms in total. The molecule has 15 heavy (non-hydrogen) atoms. The molecule has 82 valence electrons. The van der Waals surface area contributed by atoms with E-state index in [2.05, 4.69) is 4.90 Å². The zero-order valence-corrected chi connectivity index (χ0v) is 8.62. The molecule has 1 aliphatic rings. The van der Waals surface area contributed by atoms with Gasteiger partial charge in [0, 0.05) is 19.1 Å². The van der Waals surface area contributed by atoms with Crippen LogP contribution in [0.1, 0.15) is 12.8 Å². The van der Waals surface area contributed by atoms with Gasteiger partial charge >= 0.3 is 0 Å². The minimum atomic E-state index is 0.298. The molecule has 1 aliphatic heterocycles. The van der Waals surface area contributed by atoms with Gasteiger partial charge in [0.1, 0.15) is 0 Å². The quantitative estimate of drug-likeness (QED) is 0.731. The lowest BCUT2D eigenvalue weighted by atomic mass is 10.1. The van der Waals surface area contributed by atoms with E-state index in [1.54, 1.807) is 11.6 Å². The number of anilines is 2. The Kier molecular flexibility index (Phi) is 3.06. The van der Waals surface area contributed by atoms with Gasteiger partial charge in [-0.25, -0.2) is 5.54 Å². The average Bonchev–Trinajstić information content (AvgIpc) is 2.30. The van der Waals surface area contributed by atoms with Crippen molar-refractivity contribution in [1.29, 1.82) is 0 Å². The highest BCUT2D eigenvalue weighted by Crippen LogP contribution is 2.27. The van der Waals surface area contributed by atoms with Gasteiger partial charge in [-0.05, 0) is 25.0 Å². The topological polar surface area (TPSA) is 41.3 Å². The Bertz CT molecular complexity index is 321. The van der Waals surface area contributed by atoms with E-state index in [-0.39, 0.29) is 0 Å². The van der Waals surface area contributed by atoms with E-state index in [1.807, 2.05) is 18.2 Å². The summed E-state index contributed by atoms with van der Waals surface area (Å²) in [6, 6.07) is 7.71. The Morgan fingerprint density at radius 1 is 1.27 bits per heavy atom. The number of benzene rings is 1.